The Morgan fingerprint density at radius 3 is 2.67 bits per heavy atom. The van der Waals surface area contributed by atoms with Crippen LogP contribution in [-0.4, -0.2) is 18.0 Å². The molecule has 0 fully saturated rings. The third-order valence-corrected chi connectivity index (χ3v) is 1.74. The highest BCUT2D eigenvalue weighted by atomic mass is 19.1. The van der Waals surface area contributed by atoms with Gasteiger partial charge in [-0.25, -0.2) is 9.18 Å². The molecule has 0 spiro atoms. The van der Waals surface area contributed by atoms with Crippen molar-refractivity contribution < 1.29 is 18.7 Å². The summed E-state index contributed by atoms with van der Waals surface area (Å²) in [6, 6.07) is 4.99. The first-order valence-corrected chi connectivity index (χ1v) is 4.26. The molecular weight excluding hydrogens is 201 g/mol. The Labute approximate surface area is 85.8 Å². The van der Waals surface area contributed by atoms with Crippen LogP contribution >= 0.6 is 0 Å². The van der Waals surface area contributed by atoms with Crippen LogP contribution in [0.3, 0.4) is 0 Å². The van der Waals surface area contributed by atoms with Crippen molar-refractivity contribution in [2.24, 2.45) is 5.73 Å². The molecule has 0 unspecified atom stereocenters. The number of amides is 1. The van der Waals surface area contributed by atoms with Crippen LogP contribution in [-0.2, 0) is 9.53 Å². The Balaban J connectivity index is 2.73. The predicted molar refractivity (Wildman–Crippen MR) is 50.5 cm³/mol. The molecule has 0 aromatic heterocycles. The van der Waals surface area contributed by atoms with E-state index in [1.807, 2.05) is 0 Å². The van der Waals surface area contributed by atoms with Crippen molar-refractivity contribution in [1.82, 2.24) is 0 Å². The highest BCUT2D eigenvalue weighted by molar-refractivity contribution is 5.91. The monoisotopic (exact) mass is 211 g/mol. The van der Waals surface area contributed by atoms with E-state index >= 15 is 0 Å². The minimum Gasteiger partial charge on any atom is -0.449 e. The fourth-order valence-electron chi connectivity index (χ4n) is 0.902. The number of rotatable bonds is 3. The van der Waals surface area contributed by atoms with Crippen LogP contribution in [0, 0.1) is 5.82 Å². The number of halogens is 1. The normalized spacial score (nSPS) is 11.9. The van der Waals surface area contributed by atoms with Gasteiger partial charge in [-0.2, -0.15) is 0 Å². The number of hydrogen-bond acceptors (Lipinski definition) is 3. The van der Waals surface area contributed by atoms with Crippen LogP contribution in [0.25, 0.3) is 0 Å². The van der Waals surface area contributed by atoms with Gasteiger partial charge in [0, 0.05) is 0 Å². The van der Waals surface area contributed by atoms with E-state index in [1.54, 1.807) is 0 Å². The zero-order valence-corrected chi connectivity index (χ0v) is 8.07. The largest absolute Gasteiger partial charge is 0.449 e. The molecular formula is C10H10FNO3. The number of benzene rings is 1. The molecule has 0 saturated carbocycles. The molecule has 5 heteroatoms. The minimum absolute atomic E-state index is 0.0445. The molecule has 0 aliphatic carbocycles. The van der Waals surface area contributed by atoms with Gasteiger partial charge in [-0.1, -0.05) is 6.07 Å². The summed E-state index contributed by atoms with van der Waals surface area (Å²) < 4.78 is 17.4. The average Bonchev–Trinajstić information content (AvgIpc) is 2.17. The topological polar surface area (TPSA) is 69.4 Å². The molecule has 0 radical (unpaired) electrons. The molecule has 15 heavy (non-hydrogen) atoms. The van der Waals surface area contributed by atoms with Gasteiger partial charge in [0.15, 0.2) is 6.10 Å². The van der Waals surface area contributed by atoms with Crippen molar-refractivity contribution in [3.05, 3.63) is 35.6 Å². The SMILES string of the molecule is C[C@H](OC(=O)c1cccc(F)c1)C(N)=O. The summed E-state index contributed by atoms with van der Waals surface area (Å²) in [5.41, 5.74) is 4.95. The van der Waals surface area contributed by atoms with Gasteiger partial charge in [0.1, 0.15) is 5.82 Å². The number of hydrogen-bond donors (Lipinski definition) is 1. The Hall–Kier alpha value is -1.91. The van der Waals surface area contributed by atoms with E-state index in [2.05, 4.69) is 4.74 Å². The molecule has 0 heterocycles. The number of carbonyl (C=O) groups is 2. The van der Waals surface area contributed by atoms with Gasteiger partial charge < -0.3 is 10.5 Å². The first-order chi connectivity index (χ1) is 7.00. The summed E-state index contributed by atoms with van der Waals surface area (Å²) in [4.78, 5) is 21.9. The van der Waals surface area contributed by atoms with Gasteiger partial charge in [-0.05, 0) is 25.1 Å². The molecule has 80 valence electrons. The van der Waals surface area contributed by atoms with Crippen molar-refractivity contribution in [1.29, 1.82) is 0 Å². The number of carbonyl (C=O) groups excluding carboxylic acids is 2. The number of nitrogens with two attached hydrogens (primary N) is 1. The molecule has 0 aliphatic heterocycles. The first kappa shape index (κ1) is 11.2. The van der Waals surface area contributed by atoms with Crippen molar-refractivity contribution in [2.45, 2.75) is 13.0 Å². The maximum Gasteiger partial charge on any atom is 0.339 e. The lowest BCUT2D eigenvalue weighted by molar-refractivity contribution is -0.125. The van der Waals surface area contributed by atoms with E-state index < -0.39 is 23.8 Å². The second-order valence-electron chi connectivity index (χ2n) is 2.96. The van der Waals surface area contributed by atoms with Crippen LogP contribution < -0.4 is 5.73 Å². The molecule has 1 atom stereocenters. The van der Waals surface area contributed by atoms with E-state index in [0.717, 1.165) is 6.07 Å². The summed E-state index contributed by atoms with van der Waals surface area (Å²) >= 11 is 0. The number of esters is 1. The molecule has 1 rings (SSSR count). The lowest BCUT2D eigenvalue weighted by Gasteiger charge is -2.09. The third kappa shape index (κ3) is 3.05. The summed E-state index contributed by atoms with van der Waals surface area (Å²) in [6.45, 7) is 1.35. The molecule has 4 nitrogen and oxygen atoms in total. The lowest BCUT2D eigenvalue weighted by Crippen LogP contribution is -2.30. The zero-order chi connectivity index (χ0) is 11.4. The number of primary amides is 1. The molecule has 0 aliphatic rings. The number of ether oxygens (including phenoxy) is 1. The Bertz CT molecular complexity index is 392. The smallest absolute Gasteiger partial charge is 0.339 e. The predicted octanol–water partition coefficient (Wildman–Crippen LogP) is 0.856. The molecule has 2 N–H and O–H groups in total. The van der Waals surface area contributed by atoms with Crippen molar-refractivity contribution >= 4 is 11.9 Å². The van der Waals surface area contributed by atoms with Crippen LogP contribution in [0.4, 0.5) is 4.39 Å². The Morgan fingerprint density at radius 2 is 2.13 bits per heavy atom. The molecule has 0 bridgehead atoms. The second-order valence-corrected chi connectivity index (χ2v) is 2.96. The summed E-state index contributed by atoms with van der Waals surface area (Å²) in [6.07, 6.45) is -1.03. The van der Waals surface area contributed by atoms with Gasteiger partial charge >= 0.3 is 5.97 Å². The lowest BCUT2D eigenvalue weighted by atomic mass is 10.2. The average molecular weight is 211 g/mol. The highest BCUT2D eigenvalue weighted by Crippen LogP contribution is 2.06. The molecule has 1 aromatic carbocycles. The molecule has 0 saturated heterocycles. The van der Waals surface area contributed by atoms with Gasteiger partial charge in [-0.15, -0.1) is 0 Å². The van der Waals surface area contributed by atoms with Crippen LogP contribution in [0.5, 0.6) is 0 Å². The third-order valence-electron chi connectivity index (χ3n) is 1.74. The summed E-state index contributed by atoms with van der Waals surface area (Å²) in [5, 5.41) is 0. The Kier molecular flexibility index (Phi) is 3.38. The van der Waals surface area contributed by atoms with Crippen molar-refractivity contribution in [3.8, 4) is 0 Å². The minimum atomic E-state index is -1.03. The van der Waals surface area contributed by atoms with Gasteiger partial charge in [-0.3, -0.25) is 4.79 Å². The molecule has 1 aromatic rings. The molecule has 1 amide bonds. The van der Waals surface area contributed by atoms with Gasteiger partial charge in [0.2, 0.25) is 0 Å². The van der Waals surface area contributed by atoms with E-state index in [0.29, 0.717) is 0 Å². The van der Waals surface area contributed by atoms with E-state index in [4.69, 9.17) is 5.73 Å². The quantitative estimate of drug-likeness (QED) is 0.754. The second kappa shape index (κ2) is 4.54. The van der Waals surface area contributed by atoms with Crippen LogP contribution in [0.2, 0.25) is 0 Å². The standard InChI is InChI=1S/C10H10FNO3/c1-6(9(12)13)15-10(14)7-3-2-4-8(11)5-7/h2-6H,1H3,(H2,12,13)/t6-/m0/s1. The van der Waals surface area contributed by atoms with E-state index in [-0.39, 0.29) is 5.56 Å². The first-order valence-electron chi connectivity index (χ1n) is 4.26. The fourth-order valence-corrected chi connectivity index (χ4v) is 0.902. The summed E-state index contributed by atoms with van der Waals surface area (Å²) in [5.74, 6) is -2.07. The van der Waals surface area contributed by atoms with E-state index in [9.17, 15) is 14.0 Å². The maximum absolute atomic E-state index is 12.7. The van der Waals surface area contributed by atoms with Gasteiger partial charge in [0.25, 0.3) is 5.91 Å². The van der Waals surface area contributed by atoms with E-state index in [1.165, 1.54) is 25.1 Å². The fraction of sp³-hybridized carbons (Fsp3) is 0.200. The highest BCUT2D eigenvalue weighted by Gasteiger charge is 2.16. The van der Waals surface area contributed by atoms with Crippen molar-refractivity contribution in [2.75, 3.05) is 0 Å². The Morgan fingerprint density at radius 1 is 1.47 bits per heavy atom. The van der Waals surface area contributed by atoms with Crippen molar-refractivity contribution in [3.63, 3.8) is 0 Å². The zero-order valence-electron chi connectivity index (χ0n) is 8.07. The summed E-state index contributed by atoms with van der Waals surface area (Å²) in [7, 11) is 0. The van der Waals surface area contributed by atoms with Gasteiger partial charge in [0.05, 0.1) is 5.56 Å². The van der Waals surface area contributed by atoms with Crippen LogP contribution in [0.15, 0.2) is 24.3 Å². The maximum atomic E-state index is 12.7. The van der Waals surface area contributed by atoms with Crippen LogP contribution in [0.1, 0.15) is 17.3 Å².